The minimum Gasteiger partial charge on any atom is -0.481 e. The molecule has 0 saturated heterocycles. The van der Waals surface area contributed by atoms with Crippen molar-refractivity contribution in [1.82, 2.24) is 0 Å². The van der Waals surface area contributed by atoms with Crippen molar-refractivity contribution in [2.24, 2.45) is 23.3 Å². The fraction of sp³-hybridized carbons (Fsp3) is 0.778. The van der Waals surface area contributed by atoms with Gasteiger partial charge in [0.1, 0.15) is 0 Å². The van der Waals surface area contributed by atoms with Crippen LogP contribution in [0, 0.1) is 11.8 Å². The van der Waals surface area contributed by atoms with Gasteiger partial charge in [-0.25, -0.2) is 0 Å². The fourth-order valence-corrected chi connectivity index (χ4v) is 1.61. The maximum Gasteiger partial charge on any atom is 0.309 e. The van der Waals surface area contributed by atoms with Crippen molar-refractivity contribution in [1.29, 1.82) is 0 Å². The lowest BCUT2D eigenvalue weighted by Gasteiger charge is -2.33. The Morgan fingerprint density at radius 1 is 1.20 bits per heavy atom. The van der Waals surface area contributed by atoms with Crippen LogP contribution in [0.5, 0.6) is 0 Å². The monoisotopic (exact) mass is 218 g/mol. The molecule has 0 aromatic rings. The number of carboxylic acid groups (broad SMARTS) is 2. The summed E-state index contributed by atoms with van der Waals surface area (Å²) in [5.41, 5.74) is 9.99. The van der Waals surface area contributed by atoms with E-state index in [0.29, 0.717) is 0 Å². The van der Waals surface area contributed by atoms with Gasteiger partial charge < -0.3 is 21.7 Å². The maximum atomic E-state index is 11.0. The highest BCUT2D eigenvalue weighted by atomic mass is 16.4. The van der Waals surface area contributed by atoms with E-state index in [-0.39, 0.29) is 0 Å². The molecule has 0 aliphatic heterocycles. The Bertz CT molecular complexity index is 257. The fourth-order valence-electron chi connectivity index (χ4n) is 1.61. The van der Waals surface area contributed by atoms with E-state index >= 15 is 0 Å². The van der Waals surface area contributed by atoms with Crippen molar-refractivity contribution in [3.05, 3.63) is 0 Å². The Morgan fingerprint density at radius 2 is 1.60 bits per heavy atom. The maximum absolute atomic E-state index is 11.0. The quantitative estimate of drug-likeness (QED) is 0.491. The summed E-state index contributed by atoms with van der Waals surface area (Å²) in [5, 5.41) is 17.9. The van der Waals surface area contributed by atoms with Gasteiger partial charge in [0.05, 0.1) is 11.8 Å². The molecule has 0 bridgehead atoms. The van der Waals surface area contributed by atoms with E-state index < -0.39 is 35.4 Å². The van der Waals surface area contributed by atoms with Crippen LogP contribution in [-0.4, -0.2) is 33.7 Å². The van der Waals surface area contributed by atoms with Crippen LogP contribution in [0.15, 0.2) is 0 Å². The summed E-state index contributed by atoms with van der Waals surface area (Å²) in [4.78, 5) is 21.9. The molecule has 0 spiro atoms. The topological polar surface area (TPSA) is 127 Å². The first-order chi connectivity index (χ1) is 6.59. The second-order valence-electron chi connectivity index (χ2n) is 4.36. The van der Waals surface area contributed by atoms with Crippen LogP contribution in [0.1, 0.15) is 20.8 Å². The molecular weight excluding hydrogens is 200 g/mol. The first-order valence-corrected chi connectivity index (χ1v) is 4.59. The summed E-state index contributed by atoms with van der Waals surface area (Å²) < 4.78 is 0. The lowest BCUT2D eigenvalue weighted by Crippen LogP contribution is -2.54. The molecule has 6 heteroatoms. The van der Waals surface area contributed by atoms with Crippen molar-refractivity contribution in [2.75, 3.05) is 0 Å². The number of hydrogen-bond donors (Lipinski definition) is 4. The zero-order valence-corrected chi connectivity index (χ0v) is 9.10. The van der Waals surface area contributed by atoms with E-state index in [0.717, 1.165) is 0 Å². The van der Waals surface area contributed by atoms with Gasteiger partial charge in [0.25, 0.3) is 0 Å². The van der Waals surface area contributed by atoms with Crippen LogP contribution in [0.2, 0.25) is 0 Å². The van der Waals surface area contributed by atoms with Gasteiger partial charge in [-0.2, -0.15) is 0 Å². The number of carboxylic acids is 2. The number of aliphatic carboxylic acids is 2. The summed E-state index contributed by atoms with van der Waals surface area (Å²) >= 11 is 0. The van der Waals surface area contributed by atoms with Crippen LogP contribution < -0.4 is 11.5 Å². The molecule has 15 heavy (non-hydrogen) atoms. The summed E-state index contributed by atoms with van der Waals surface area (Å²) in [5.74, 6) is -4.89. The molecule has 0 amide bonds. The zero-order chi connectivity index (χ0) is 12.4. The standard InChI is InChI=1S/C9H18N2O4/c1-4(10)5(7(12)13)6(8(14)15)9(2,3)11/h4-6H,10-11H2,1-3H3,(H,12,13)(H,14,15). The molecule has 88 valence electrons. The van der Waals surface area contributed by atoms with E-state index in [9.17, 15) is 9.59 Å². The van der Waals surface area contributed by atoms with E-state index in [1.807, 2.05) is 0 Å². The van der Waals surface area contributed by atoms with Crippen LogP contribution >= 0.6 is 0 Å². The van der Waals surface area contributed by atoms with E-state index in [1.54, 1.807) is 0 Å². The van der Waals surface area contributed by atoms with E-state index in [2.05, 4.69) is 0 Å². The van der Waals surface area contributed by atoms with Crippen molar-refractivity contribution < 1.29 is 19.8 Å². The Kier molecular flexibility index (Phi) is 4.24. The summed E-state index contributed by atoms with van der Waals surface area (Å²) in [7, 11) is 0. The summed E-state index contributed by atoms with van der Waals surface area (Å²) in [6, 6.07) is -0.772. The third-order valence-electron chi connectivity index (χ3n) is 2.28. The van der Waals surface area contributed by atoms with E-state index in [4.69, 9.17) is 21.7 Å². The van der Waals surface area contributed by atoms with Crippen molar-refractivity contribution >= 4 is 11.9 Å². The van der Waals surface area contributed by atoms with Gasteiger partial charge in [-0.3, -0.25) is 9.59 Å². The predicted octanol–water partition coefficient (Wildman–Crippen LogP) is -0.527. The number of nitrogens with two attached hydrogens (primary N) is 2. The van der Waals surface area contributed by atoms with Crippen LogP contribution in [0.25, 0.3) is 0 Å². The van der Waals surface area contributed by atoms with Gasteiger partial charge in [0.15, 0.2) is 0 Å². The highest BCUT2D eigenvalue weighted by Gasteiger charge is 2.44. The average Bonchev–Trinajstić information content (AvgIpc) is 1.94. The van der Waals surface area contributed by atoms with Gasteiger partial charge >= 0.3 is 11.9 Å². The molecule has 0 saturated carbocycles. The van der Waals surface area contributed by atoms with Crippen LogP contribution in [0.3, 0.4) is 0 Å². The second-order valence-corrected chi connectivity index (χ2v) is 4.36. The Morgan fingerprint density at radius 3 is 1.67 bits per heavy atom. The second kappa shape index (κ2) is 4.59. The molecule has 3 unspecified atom stereocenters. The predicted molar refractivity (Wildman–Crippen MR) is 54.2 cm³/mol. The minimum atomic E-state index is -1.24. The van der Waals surface area contributed by atoms with Gasteiger partial charge in [0, 0.05) is 11.6 Å². The number of hydrogen-bond acceptors (Lipinski definition) is 4. The van der Waals surface area contributed by atoms with Gasteiger partial charge in [0.2, 0.25) is 0 Å². The molecule has 3 atom stereocenters. The molecule has 0 aromatic heterocycles. The smallest absolute Gasteiger partial charge is 0.309 e. The molecule has 6 nitrogen and oxygen atoms in total. The van der Waals surface area contributed by atoms with Crippen LogP contribution in [-0.2, 0) is 9.59 Å². The summed E-state index contributed by atoms with van der Waals surface area (Å²) in [6.45, 7) is 4.41. The Hall–Kier alpha value is -1.14. The van der Waals surface area contributed by atoms with E-state index in [1.165, 1.54) is 20.8 Å². The third kappa shape index (κ3) is 3.49. The lowest BCUT2D eigenvalue weighted by molar-refractivity contribution is -0.157. The van der Waals surface area contributed by atoms with Crippen LogP contribution in [0.4, 0.5) is 0 Å². The Labute approximate surface area is 88.3 Å². The highest BCUT2D eigenvalue weighted by molar-refractivity contribution is 5.81. The molecule has 0 aromatic carbocycles. The molecule has 0 aliphatic rings. The third-order valence-corrected chi connectivity index (χ3v) is 2.28. The Balaban J connectivity index is 5.21. The zero-order valence-electron chi connectivity index (χ0n) is 9.10. The van der Waals surface area contributed by atoms with Crippen molar-refractivity contribution in [3.63, 3.8) is 0 Å². The molecule has 6 N–H and O–H groups in total. The largest absolute Gasteiger partial charge is 0.481 e. The number of rotatable bonds is 5. The normalized spacial score (nSPS) is 17.9. The van der Waals surface area contributed by atoms with Gasteiger partial charge in [-0.15, -0.1) is 0 Å². The number of carbonyl (C=O) groups is 2. The molecule has 0 rings (SSSR count). The van der Waals surface area contributed by atoms with Gasteiger partial charge in [-0.05, 0) is 20.8 Å². The molecule has 0 radical (unpaired) electrons. The molecule has 0 aliphatic carbocycles. The first kappa shape index (κ1) is 13.9. The molecular formula is C9H18N2O4. The summed E-state index contributed by atoms with van der Waals surface area (Å²) in [6.07, 6.45) is 0. The lowest BCUT2D eigenvalue weighted by atomic mass is 9.75. The highest BCUT2D eigenvalue weighted by Crippen LogP contribution is 2.25. The first-order valence-electron chi connectivity index (χ1n) is 4.59. The van der Waals surface area contributed by atoms with Gasteiger partial charge in [-0.1, -0.05) is 0 Å². The van der Waals surface area contributed by atoms with Crippen molar-refractivity contribution in [3.8, 4) is 0 Å². The molecule has 0 fully saturated rings. The SMILES string of the molecule is CC(N)C(C(=O)O)C(C(=O)O)C(C)(C)N. The molecule has 0 heterocycles. The van der Waals surface area contributed by atoms with Crippen molar-refractivity contribution in [2.45, 2.75) is 32.4 Å². The average molecular weight is 218 g/mol. The minimum absolute atomic E-state index is 0.772.